The van der Waals surface area contributed by atoms with Crippen LogP contribution >= 0.6 is 0 Å². The lowest BCUT2D eigenvalue weighted by Gasteiger charge is -2.37. The standard InChI is InChI=1S/C13H25O9.O3S/c14-3-8(18)10-5(1-6(16)11(10)20)2-7(17)12(21)13(22)9(19)4-15;1-4(2)3/h5-20,22H,1-4H2;/q-1;/t5-,6-,7+,8-,9-,10+,11-,12-,13-;/m1./s1. The molecule has 156 valence electrons. The molecule has 0 aromatic carbocycles. The van der Waals surface area contributed by atoms with Crippen LogP contribution in [0.2, 0.25) is 0 Å². The number of hydrogen-bond acceptors (Lipinski definition) is 12. The van der Waals surface area contributed by atoms with Crippen LogP contribution in [0.3, 0.4) is 0 Å². The van der Waals surface area contributed by atoms with E-state index >= 15 is 0 Å². The molecule has 1 aliphatic carbocycles. The molecule has 9 atom stereocenters. The Morgan fingerprint density at radius 2 is 1.46 bits per heavy atom. The van der Waals surface area contributed by atoms with Crippen molar-refractivity contribution in [1.82, 2.24) is 0 Å². The Bertz CT molecular complexity index is 491. The minimum Gasteiger partial charge on any atom is -0.848 e. The molecular weight excluding hydrogens is 380 g/mol. The lowest BCUT2D eigenvalue weighted by atomic mass is 9.84. The van der Waals surface area contributed by atoms with Gasteiger partial charge in [0.1, 0.15) is 6.10 Å². The van der Waals surface area contributed by atoms with E-state index in [9.17, 15) is 35.7 Å². The molecule has 0 aromatic rings. The van der Waals surface area contributed by atoms with E-state index < -0.39 is 78.4 Å². The summed E-state index contributed by atoms with van der Waals surface area (Å²) in [6.07, 6.45) is -11.2. The molecule has 0 heterocycles. The maximum atomic E-state index is 11.8. The quantitative estimate of drug-likeness (QED) is 0.188. The molecule has 0 bridgehead atoms. The van der Waals surface area contributed by atoms with Crippen molar-refractivity contribution in [3.05, 3.63) is 0 Å². The molecule has 1 aliphatic rings. The van der Waals surface area contributed by atoms with Gasteiger partial charge in [-0.05, 0) is 18.8 Å². The van der Waals surface area contributed by atoms with Crippen molar-refractivity contribution in [2.24, 2.45) is 11.8 Å². The van der Waals surface area contributed by atoms with Gasteiger partial charge in [-0.15, -0.1) is 12.6 Å². The molecule has 0 saturated heterocycles. The van der Waals surface area contributed by atoms with Crippen molar-refractivity contribution in [3.63, 3.8) is 0 Å². The van der Waals surface area contributed by atoms with Gasteiger partial charge in [0.05, 0.1) is 37.6 Å². The van der Waals surface area contributed by atoms with Gasteiger partial charge in [-0.25, -0.2) is 0 Å². The molecule has 0 aromatic heterocycles. The highest BCUT2D eigenvalue weighted by molar-refractivity contribution is 7.59. The zero-order valence-corrected chi connectivity index (χ0v) is 14.5. The number of aliphatic hydroxyl groups is 8. The molecule has 1 fully saturated rings. The lowest BCUT2D eigenvalue weighted by Crippen LogP contribution is -2.54. The highest BCUT2D eigenvalue weighted by Crippen LogP contribution is 2.38. The normalized spacial score (nSPS) is 31.3. The van der Waals surface area contributed by atoms with Gasteiger partial charge in [0.15, 0.2) is 0 Å². The smallest absolute Gasteiger partial charge is 0.425 e. The van der Waals surface area contributed by atoms with Gasteiger partial charge in [-0.2, -0.15) is 0 Å². The monoisotopic (exact) mass is 405 g/mol. The van der Waals surface area contributed by atoms with Gasteiger partial charge < -0.3 is 46.0 Å². The topological polar surface area (TPSA) is 236 Å². The molecule has 0 aliphatic heterocycles. The fraction of sp³-hybridized carbons (Fsp3) is 1.00. The van der Waals surface area contributed by atoms with Crippen molar-refractivity contribution >= 4 is 10.6 Å². The first-order chi connectivity index (χ1) is 12.0. The summed E-state index contributed by atoms with van der Waals surface area (Å²) >= 11 is 0. The fourth-order valence-corrected chi connectivity index (χ4v) is 3.06. The zero-order chi connectivity index (χ0) is 20.6. The molecule has 0 unspecified atom stereocenters. The van der Waals surface area contributed by atoms with Crippen molar-refractivity contribution < 1.29 is 58.6 Å². The fourth-order valence-electron chi connectivity index (χ4n) is 3.06. The van der Waals surface area contributed by atoms with Crippen LogP contribution in [-0.2, 0) is 10.6 Å². The maximum absolute atomic E-state index is 11.8. The van der Waals surface area contributed by atoms with E-state index in [1.54, 1.807) is 0 Å². The van der Waals surface area contributed by atoms with E-state index in [0.717, 1.165) is 0 Å². The Kier molecular flexibility index (Phi) is 11.5. The number of hydrogen-bond donors (Lipinski definition) is 8. The van der Waals surface area contributed by atoms with Gasteiger partial charge in [0.2, 0.25) is 0 Å². The average molecular weight is 405 g/mol. The second-order valence-electron chi connectivity index (χ2n) is 6.09. The maximum Gasteiger partial charge on any atom is 0.425 e. The van der Waals surface area contributed by atoms with Crippen molar-refractivity contribution in [2.75, 3.05) is 13.2 Å². The molecule has 0 radical (unpaired) electrons. The van der Waals surface area contributed by atoms with Crippen LogP contribution in [0.4, 0.5) is 0 Å². The van der Waals surface area contributed by atoms with Crippen molar-refractivity contribution in [2.45, 2.75) is 55.6 Å². The van der Waals surface area contributed by atoms with Crippen LogP contribution in [0.25, 0.3) is 0 Å². The van der Waals surface area contributed by atoms with E-state index in [0.29, 0.717) is 0 Å². The van der Waals surface area contributed by atoms with Crippen LogP contribution in [0.1, 0.15) is 12.8 Å². The third-order valence-corrected chi connectivity index (χ3v) is 4.35. The molecule has 12 nitrogen and oxygen atoms in total. The molecule has 8 N–H and O–H groups in total. The van der Waals surface area contributed by atoms with Crippen LogP contribution in [-0.4, -0.2) is 109 Å². The van der Waals surface area contributed by atoms with Crippen LogP contribution < -0.4 is 5.11 Å². The van der Waals surface area contributed by atoms with Crippen molar-refractivity contribution in [3.8, 4) is 0 Å². The van der Waals surface area contributed by atoms with E-state index in [-0.39, 0.29) is 12.8 Å². The highest BCUT2D eigenvalue weighted by atomic mass is 32.2. The predicted molar refractivity (Wildman–Crippen MR) is 79.9 cm³/mol. The van der Waals surface area contributed by atoms with E-state index in [1.807, 2.05) is 0 Å². The van der Waals surface area contributed by atoms with Crippen LogP contribution in [0.5, 0.6) is 0 Å². The van der Waals surface area contributed by atoms with Crippen LogP contribution in [0, 0.1) is 11.8 Å². The number of rotatable bonds is 8. The summed E-state index contributed by atoms with van der Waals surface area (Å²) in [7, 11) is -3.11. The highest BCUT2D eigenvalue weighted by Gasteiger charge is 2.45. The van der Waals surface area contributed by atoms with Gasteiger partial charge in [-0.1, -0.05) is 6.10 Å². The first-order valence-electron chi connectivity index (χ1n) is 7.70. The third kappa shape index (κ3) is 7.48. The number of aliphatic hydroxyl groups excluding tert-OH is 8. The lowest BCUT2D eigenvalue weighted by molar-refractivity contribution is -0.460. The van der Waals surface area contributed by atoms with Crippen LogP contribution in [0.15, 0.2) is 0 Å². The first kappa shape index (κ1) is 25.3. The summed E-state index contributed by atoms with van der Waals surface area (Å²) in [5.74, 6) is -1.56. The first-order valence-corrected chi connectivity index (χ1v) is 8.70. The summed E-state index contributed by atoms with van der Waals surface area (Å²) in [6.45, 7) is -1.48. The Hall–Kier alpha value is -0.740. The summed E-state index contributed by atoms with van der Waals surface area (Å²) in [5, 5.41) is 87.2. The van der Waals surface area contributed by atoms with Gasteiger partial charge >= 0.3 is 10.6 Å². The minimum absolute atomic E-state index is 0.0192. The zero-order valence-electron chi connectivity index (χ0n) is 13.6. The minimum atomic E-state index is -3.11. The Morgan fingerprint density at radius 3 is 1.88 bits per heavy atom. The molecule has 0 amide bonds. The second-order valence-corrected chi connectivity index (χ2v) is 6.50. The Labute approximate surface area is 150 Å². The third-order valence-electron chi connectivity index (χ3n) is 4.35. The Balaban J connectivity index is 0.00000141. The summed E-state index contributed by atoms with van der Waals surface area (Å²) in [4.78, 5) is 0. The van der Waals surface area contributed by atoms with Gasteiger partial charge in [0.25, 0.3) is 0 Å². The van der Waals surface area contributed by atoms with Crippen molar-refractivity contribution in [1.29, 1.82) is 0 Å². The molecule has 0 spiro atoms. The Morgan fingerprint density at radius 1 is 0.962 bits per heavy atom. The van der Waals surface area contributed by atoms with Gasteiger partial charge in [0, 0.05) is 12.0 Å². The molecule has 1 saturated carbocycles. The molecule has 26 heavy (non-hydrogen) atoms. The molecule has 13 heteroatoms. The summed E-state index contributed by atoms with van der Waals surface area (Å²) < 4.78 is 25.3. The van der Waals surface area contributed by atoms with Gasteiger partial charge in [-0.3, -0.25) is 0 Å². The molecule has 1 rings (SSSR count). The average Bonchev–Trinajstić information content (AvgIpc) is 2.85. The predicted octanol–water partition coefficient (Wildman–Crippen LogP) is -6.11. The molecular formula is C13H25O12S-. The second kappa shape index (κ2) is 11.9. The van der Waals surface area contributed by atoms with E-state index in [2.05, 4.69) is 0 Å². The summed E-state index contributed by atoms with van der Waals surface area (Å²) in [6, 6.07) is 0. The summed E-state index contributed by atoms with van der Waals surface area (Å²) in [5.41, 5.74) is 0. The SMILES string of the molecule is O=S(=O)=O.[O-][C@@H]([C@H](O)[C@H](O)CO)[C@@H](O)C[C@H]1C[C@@H](O)[C@@H](O)[C@@H]1[C@H](O)CO. The largest absolute Gasteiger partial charge is 0.848 e. The van der Waals surface area contributed by atoms with E-state index in [4.69, 9.17) is 22.8 Å². The van der Waals surface area contributed by atoms with E-state index in [1.165, 1.54) is 0 Å².